The van der Waals surface area contributed by atoms with Crippen LogP contribution in [-0.4, -0.2) is 12.2 Å². The zero-order chi connectivity index (χ0) is 10.1. The van der Waals surface area contributed by atoms with Crippen molar-refractivity contribution >= 4 is 21.4 Å². The highest BCUT2D eigenvalue weighted by molar-refractivity contribution is 7.21. The molecule has 0 aliphatic heterocycles. The minimum atomic E-state index is 0.409. The zero-order valence-electron chi connectivity index (χ0n) is 8.20. The van der Waals surface area contributed by atoms with E-state index in [2.05, 4.69) is 0 Å². The van der Waals surface area contributed by atoms with Crippen molar-refractivity contribution in [3.8, 4) is 10.8 Å². The molecule has 0 unspecified atom stereocenters. The fourth-order valence-electron chi connectivity index (χ4n) is 1.63. The van der Waals surface area contributed by atoms with Gasteiger partial charge in [0, 0.05) is 10.9 Å². The molecule has 0 amide bonds. The van der Waals surface area contributed by atoms with Gasteiger partial charge in [0.25, 0.3) is 0 Å². The predicted molar refractivity (Wildman–Crippen MR) is 59.4 cm³/mol. The minimum absolute atomic E-state index is 0.409. The van der Waals surface area contributed by atoms with Gasteiger partial charge in [0.1, 0.15) is 5.75 Å². The Kier molecular flexibility index (Phi) is 2.33. The molecular formula is C11H12O2S. The summed E-state index contributed by atoms with van der Waals surface area (Å²) in [7, 11) is 1.65. The van der Waals surface area contributed by atoms with E-state index in [1.165, 1.54) is 11.3 Å². The summed E-state index contributed by atoms with van der Waals surface area (Å²) in [5.74, 6) is 0.836. The Morgan fingerprint density at radius 1 is 1.43 bits per heavy atom. The van der Waals surface area contributed by atoms with Crippen LogP contribution in [0.15, 0.2) is 18.2 Å². The lowest BCUT2D eigenvalue weighted by molar-refractivity contribution is 0.420. The highest BCUT2D eigenvalue weighted by atomic mass is 32.1. The number of rotatable bonds is 2. The minimum Gasteiger partial charge on any atom is -0.499 e. The van der Waals surface area contributed by atoms with E-state index >= 15 is 0 Å². The average molecular weight is 208 g/mol. The summed E-state index contributed by atoms with van der Waals surface area (Å²) in [5, 5.41) is 11.2. The van der Waals surface area contributed by atoms with Gasteiger partial charge in [-0.05, 0) is 12.5 Å². The van der Waals surface area contributed by atoms with Gasteiger partial charge in [-0.3, -0.25) is 0 Å². The molecule has 0 aliphatic rings. The Morgan fingerprint density at radius 3 is 2.86 bits per heavy atom. The maximum absolute atomic E-state index is 9.72. The Morgan fingerprint density at radius 2 is 2.21 bits per heavy atom. The molecule has 0 spiro atoms. The number of hydrogen-bond donors (Lipinski definition) is 1. The molecule has 0 saturated heterocycles. The number of hydrogen-bond acceptors (Lipinski definition) is 3. The molecule has 0 atom stereocenters. The van der Waals surface area contributed by atoms with E-state index in [9.17, 15) is 5.11 Å². The van der Waals surface area contributed by atoms with Gasteiger partial charge >= 0.3 is 0 Å². The van der Waals surface area contributed by atoms with Crippen molar-refractivity contribution in [3.05, 3.63) is 23.8 Å². The molecule has 0 aliphatic carbocycles. The number of ether oxygens (including phenoxy) is 1. The van der Waals surface area contributed by atoms with Crippen LogP contribution < -0.4 is 4.74 Å². The molecule has 74 valence electrons. The third-order valence-corrected chi connectivity index (χ3v) is 3.40. The molecule has 3 heteroatoms. The van der Waals surface area contributed by atoms with Crippen molar-refractivity contribution in [1.29, 1.82) is 0 Å². The number of methoxy groups -OCH3 is 1. The van der Waals surface area contributed by atoms with Crippen molar-refractivity contribution in [2.24, 2.45) is 0 Å². The van der Waals surface area contributed by atoms with Gasteiger partial charge < -0.3 is 9.84 Å². The maximum Gasteiger partial charge on any atom is 0.175 e. The van der Waals surface area contributed by atoms with Gasteiger partial charge in [0.2, 0.25) is 0 Å². The van der Waals surface area contributed by atoms with E-state index in [4.69, 9.17) is 4.74 Å². The van der Waals surface area contributed by atoms with Crippen molar-refractivity contribution in [2.45, 2.75) is 13.3 Å². The first-order valence-electron chi connectivity index (χ1n) is 4.55. The molecule has 0 fully saturated rings. The summed E-state index contributed by atoms with van der Waals surface area (Å²) in [4.78, 5) is 0. The highest BCUT2D eigenvalue weighted by Gasteiger charge is 2.12. The number of fused-ring (bicyclic) bond motifs is 1. The van der Waals surface area contributed by atoms with Crippen LogP contribution in [0.3, 0.4) is 0 Å². The first-order valence-corrected chi connectivity index (χ1v) is 5.37. The second kappa shape index (κ2) is 3.50. The smallest absolute Gasteiger partial charge is 0.175 e. The Labute approximate surface area is 86.8 Å². The van der Waals surface area contributed by atoms with E-state index < -0.39 is 0 Å². The lowest BCUT2D eigenvalue weighted by Gasteiger charge is -2.00. The highest BCUT2D eigenvalue weighted by Crippen LogP contribution is 2.41. The van der Waals surface area contributed by atoms with Gasteiger partial charge in [0.15, 0.2) is 5.06 Å². The van der Waals surface area contributed by atoms with E-state index in [-0.39, 0.29) is 0 Å². The van der Waals surface area contributed by atoms with Crippen LogP contribution >= 0.6 is 11.3 Å². The van der Waals surface area contributed by atoms with Crippen LogP contribution in [0.2, 0.25) is 0 Å². The summed E-state index contributed by atoms with van der Waals surface area (Å²) in [6, 6.07) is 5.89. The third kappa shape index (κ3) is 1.24. The summed E-state index contributed by atoms with van der Waals surface area (Å²) in [6.07, 6.45) is 0.846. The third-order valence-electron chi connectivity index (χ3n) is 2.33. The molecule has 0 bridgehead atoms. The molecular weight excluding hydrogens is 196 g/mol. The lowest BCUT2D eigenvalue weighted by Crippen LogP contribution is -1.82. The van der Waals surface area contributed by atoms with E-state index in [0.29, 0.717) is 5.06 Å². The molecule has 1 aromatic heterocycles. The van der Waals surface area contributed by atoms with Crippen molar-refractivity contribution in [1.82, 2.24) is 0 Å². The van der Waals surface area contributed by atoms with Crippen LogP contribution in [0, 0.1) is 0 Å². The molecule has 0 radical (unpaired) electrons. The predicted octanol–water partition coefficient (Wildman–Crippen LogP) is 3.18. The van der Waals surface area contributed by atoms with Crippen molar-refractivity contribution in [2.75, 3.05) is 7.11 Å². The van der Waals surface area contributed by atoms with Crippen LogP contribution in [0.5, 0.6) is 10.8 Å². The molecule has 14 heavy (non-hydrogen) atoms. The fraction of sp³-hybridized carbons (Fsp3) is 0.273. The van der Waals surface area contributed by atoms with E-state index in [1.54, 1.807) is 7.11 Å². The Bertz CT molecular complexity index is 460. The first kappa shape index (κ1) is 9.34. The SMILES string of the molecule is CCc1c(O)sc2c(OC)cccc12. The standard InChI is InChI=1S/C11H12O2S/c1-3-7-8-5-4-6-9(13-2)10(8)14-11(7)12/h4-6,12H,3H2,1-2H3. The van der Waals surface area contributed by atoms with Gasteiger partial charge in [-0.2, -0.15) is 0 Å². The summed E-state index contributed by atoms with van der Waals surface area (Å²) >= 11 is 1.39. The second-order valence-corrected chi connectivity index (χ2v) is 4.08. The number of benzene rings is 1. The molecule has 0 saturated carbocycles. The Hall–Kier alpha value is -1.22. The van der Waals surface area contributed by atoms with Crippen molar-refractivity contribution in [3.63, 3.8) is 0 Å². The van der Waals surface area contributed by atoms with Gasteiger partial charge in [-0.15, -0.1) is 0 Å². The second-order valence-electron chi connectivity index (χ2n) is 3.08. The first-order chi connectivity index (χ1) is 6.77. The molecule has 1 N–H and O–H groups in total. The van der Waals surface area contributed by atoms with Crippen LogP contribution in [0.4, 0.5) is 0 Å². The topological polar surface area (TPSA) is 29.5 Å². The maximum atomic E-state index is 9.72. The van der Waals surface area contributed by atoms with E-state index in [1.807, 2.05) is 25.1 Å². The lowest BCUT2D eigenvalue weighted by atomic mass is 10.1. The molecule has 2 nitrogen and oxygen atoms in total. The number of aromatic hydroxyl groups is 1. The largest absolute Gasteiger partial charge is 0.499 e. The molecule has 2 aromatic rings. The molecule has 1 aromatic carbocycles. The normalized spacial score (nSPS) is 10.7. The zero-order valence-corrected chi connectivity index (χ0v) is 9.02. The summed E-state index contributed by atoms with van der Waals surface area (Å²) in [5.41, 5.74) is 1.02. The van der Waals surface area contributed by atoms with E-state index in [0.717, 1.165) is 27.8 Å². The Balaban J connectivity index is 2.79. The quantitative estimate of drug-likeness (QED) is 0.821. The number of thiophene rings is 1. The average Bonchev–Trinajstić information content (AvgIpc) is 2.52. The number of aryl methyl sites for hydroxylation is 1. The fourth-order valence-corrected chi connectivity index (χ4v) is 2.76. The van der Waals surface area contributed by atoms with Crippen LogP contribution in [-0.2, 0) is 6.42 Å². The molecule has 1 heterocycles. The van der Waals surface area contributed by atoms with Crippen LogP contribution in [0.25, 0.3) is 10.1 Å². The van der Waals surface area contributed by atoms with Crippen LogP contribution in [0.1, 0.15) is 12.5 Å². The monoisotopic (exact) mass is 208 g/mol. The summed E-state index contributed by atoms with van der Waals surface area (Å²) < 4.78 is 6.27. The van der Waals surface area contributed by atoms with Crippen molar-refractivity contribution < 1.29 is 9.84 Å². The van der Waals surface area contributed by atoms with Gasteiger partial charge in [-0.1, -0.05) is 30.4 Å². The molecule has 2 rings (SSSR count). The van der Waals surface area contributed by atoms with Gasteiger partial charge in [0.05, 0.1) is 11.8 Å². The summed E-state index contributed by atoms with van der Waals surface area (Å²) in [6.45, 7) is 2.04. The van der Waals surface area contributed by atoms with Gasteiger partial charge in [-0.25, -0.2) is 0 Å².